The van der Waals surface area contributed by atoms with Gasteiger partial charge in [0.05, 0.1) is 26.9 Å². The zero-order chi connectivity index (χ0) is 17.3. The van der Waals surface area contributed by atoms with Crippen molar-refractivity contribution < 1.29 is 9.47 Å². The monoisotopic (exact) mass is 349 g/mol. The molecule has 7 nitrogen and oxygen atoms in total. The number of benzene rings is 1. The van der Waals surface area contributed by atoms with Crippen molar-refractivity contribution in [3.05, 3.63) is 28.0 Å². The molecule has 1 aromatic carbocycles. The van der Waals surface area contributed by atoms with Crippen LogP contribution >= 0.6 is 12.2 Å². The third kappa shape index (κ3) is 3.16. The number of tetrazole rings is 1. The topological polar surface area (TPSA) is 57.3 Å². The molecule has 3 rings (SSSR count). The van der Waals surface area contributed by atoms with Gasteiger partial charge < -0.3 is 9.47 Å². The zero-order valence-corrected chi connectivity index (χ0v) is 15.3. The van der Waals surface area contributed by atoms with Crippen molar-refractivity contribution in [3.63, 3.8) is 0 Å². The van der Waals surface area contributed by atoms with E-state index in [9.17, 15) is 0 Å². The van der Waals surface area contributed by atoms with Crippen molar-refractivity contribution in [2.24, 2.45) is 0 Å². The lowest BCUT2D eigenvalue weighted by molar-refractivity contribution is 0.186. The van der Waals surface area contributed by atoms with Crippen LogP contribution in [-0.4, -0.2) is 45.5 Å². The molecular formula is C16H23N5O2S. The standard InChI is InChI=1S/C16H23N5O2S/c1-11(2)21-16(24)20(17-18-21)10-19-6-5-12-7-14(22-3)15(23-4)8-13(12)9-19/h7-8,11H,5-6,9-10H2,1-4H3. The number of fused-ring (bicyclic) bond motifs is 1. The summed E-state index contributed by atoms with van der Waals surface area (Å²) in [5.74, 6) is 1.55. The molecule has 0 amide bonds. The largest absolute Gasteiger partial charge is 0.493 e. The minimum Gasteiger partial charge on any atom is -0.493 e. The Labute approximate surface area is 146 Å². The molecule has 0 unspecified atom stereocenters. The molecule has 1 aliphatic heterocycles. The summed E-state index contributed by atoms with van der Waals surface area (Å²) in [6.45, 7) is 6.50. The zero-order valence-electron chi connectivity index (χ0n) is 14.5. The lowest BCUT2D eigenvalue weighted by Gasteiger charge is -2.29. The van der Waals surface area contributed by atoms with Gasteiger partial charge in [0, 0.05) is 13.1 Å². The third-order valence-corrected chi connectivity index (χ3v) is 4.68. The Bertz CT molecular complexity index is 783. The van der Waals surface area contributed by atoms with Crippen molar-refractivity contribution in [2.75, 3.05) is 20.8 Å². The summed E-state index contributed by atoms with van der Waals surface area (Å²) in [5, 5.41) is 8.32. The molecule has 130 valence electrons. The number of hydrogen-bond donors (Lipinski definition) is 0. The van der Waals surface area contributed by atoms with Crippen molar-refractivity contribution in [1.29, 1.82) is 0 Å². The van der Waals surface area contributed by atoms with Gasteiger partial charge in [0.15, 0.2) is 11.5 Å². The van der Waals surface area contributed by atoms with Crippen LogP contribution in [0, 0.1) is 4.77 Å². The molecule has 0 N–H and O–H groups in total. The van der Waals surface area contributed by atoms with Gasteiger partial charge in [-0.15, -0.1) is 0 Å². The van der Waals surface area contributed by atoms with Crippen LogP contribution in [0.5, 0.6) is 11.5 Å². The first-order valence-corrected chi connectivity index (χ1v) is 8.42. The highest BCUT2D eigenvalue weighted by atomic mass is 32.1. The van der Waals surface area contributed by atoms with Gasteiger partial charge in [0.25, 0.3) is 0 Å². The van der Waals surface area contributed by atoms with Crippen LogP contribution in [0.4, 0.5) is 0 Å². The van der Waals surface area contributed by atoms with E-state index < -0.39 is 0 Å². The maximum absolute atomic E-state index is 5.46. The van der Waals surface area contributed by atoms with Crippen molar-refractivity contribution in [2.45, 2.75) is 39.5 Å². The number of methoxy groups -OCH3 is 2. The molecule has 2 aromatic rings. The van der Waals surface area contributed by atoms with Gasteiger partial charge in [-0.3, -0.25) is 4.90 Å². The van der Waals surface area contributed by atoms with E-state index >= 15 is 0 Å². The Balaban J connectivity index is 1.79. The fourth-order valence-electron chi connectivity index (χ4n) is 2.95. The summed E-state index contributed by atoms with van der Waals surface area (Å²) < 4.78 is 15.0. The van der Waals surface area contributed by atoms with E-state index in [4.69, 9.17) is 21.7 Å². The highest BCUT2D eigenvalue weighted by molar-refractivity contribution is 7.71. The number of rotatable bonds is 5. The summed E-state index contributed by atoms with van der Waals surface area (Å²) in [7, 11) is 3.33. The predicted molar refractivity (Wildman–Crippen MR) is 92.9 cm³/mol. The second kappa shape index (κ2) is 6.90. The lowest BCUT2D eigenvalue weighted by atomic mass is 9.99. The van der Waals surface area contributed by atoms with Gasteiger partial charge in [0.2, 0.25) is 4.77 Å². The first-order valence-electron chi connectivity index (χ1n) is 8.02. The van der Waals surface area contributed by atoms with Crippen LogP contribution in [0.25, 0.3) is 0 Å². The molecule has 0 aliphatic carbocycles. The molecule has 1 aliphatic rings. The molecule has 8 heteroatoms. The normalized spacial score (nSPS) is 14.7. The van der Waals surface area contributed by atoms with Gasteiger partial charge in [-0.25, -0.2) is 9.36 Å². The van der Waals surface area contributed by atoms with E-state index in [0.29, 0.717) is 11.4 Å². The minimum absolute atomic E-state index is 0.213. The smallest absolute Gasteiger partial charge is 0.217 e. The Morgan fingerprint density at radius 3 is 2.38 bits per heavy atom. The Kier molecular flexibility index (Phi) is 4.86. The van der Waals surface area contributed by atoms with Crippen LogP contribution in [0.2, 0.25) is 0 Å². The fraction of sp³-hybridized carbons (Fsp3) is 0.562. The fourth-order valence-corrected chi connectivity index (χ4v) is 3.29. The van der Waals surface area contributed by atoms with Crippen LogP contribution in [-0.2, 0) is 19.6 Å². The third-order valence-electron chi connectivity index (χ3n) is 4.28. The highest BCUT2D eigenvalue weighted by Gasteiger charge is 2.20. The van der Waals surface area contributed by atoms with Crippen LogP contribution < -0.4 is 9.47 Å². The van der Waals surface area contributed by atoms with E-state index in [-0.39, 0.29) is 6.04 Å². The summed E-state index contributed by atoms with van der Waals surface area (Å²) >= 11 is 5.46. The number of hydrogen-bond acceptors (Lipinski definition) is 6. The number of aromatic nitrogens is 4. The summed E-state index contributed by atoms with van der Waals surface area (Å²) in [6.07, 6.45) is 0.960. The maximum Gasteiger partial charge on any atom is 0.217 e. The molecule has 2 heterocycles. The second-order valence-corrected chi connectivity index (χ2v) is 6.58. The molecule has 1 aromatic heterocycles. The molecule has 24 heavy (non-hydrogen) atoms. The Hall–Kier alpha value is -1.93. The quantitative estimate of drug-likeness (QED) is 0.773. The number of ether oxygens (including phenoxy) is 2. The molecule has 0 saturated heterocycles. The molecule has 0 bridgehead atoms. The van der Waals surface area contributed by atoms with E-state index in [1.165, 1.54) is 11.1 Å². The first-order chi connectivity index (χ1) is 11.5. The predicted octanol–water partition coefficient (Wildman–Crippen LogP) is 2.42. The van der Waals surface area contributed by atoms with Crippen molar-refractivity contribution in [3.8, 4) is 11.5 Å². The molecule has 0 atom stereocenters. The summed E-state index contributed by atoms with van der Waals surface area (Å²) in [5.41, 5.74) is 2.56. The molecule has 0 fully saturated rings. The van der Waals surface area contributed by atoms with E-state index in [1.807, 2.05) is 13.8 Å². The average molecular weight is 349 g/mol. The van der Waals surface area contributed by atoms with E-state index in [2.05, 4.69) is 27.5 Å². The van der Waals surface area contributed by atoms with Crippen LogP contribution in [0.1, 0.15) is 31.0 Å². The second-order valence-electron chi connectivity index (χ2n) is 6.22. The van der Waals surface area contributed by atoms with Crippen molar-refractivity contribution >= 4 is 12.2 Å². The van der Waals surface area contributed by atoms with Gasteiger partial charge in [-0.2, -0.15) is 0 Å². The maximum atomic E-state index is 5.46. The Morgan fingerprint density at radius 1 is 1.12 bits per heavy atom. The van der Waals surface area contributed by atoms with Gasteiger partial charge in [0.1, 0.15) is 0 Å². The Morgan fingerprint density at radius 2 is 1.79 bits per heavy atom. The minimum atomic E-state index is 0.213. The van der Waals surface area contributed by atoms with Gasteiger partial charge >= 0.3 is 0 Å². The van der Waals surface area contributed by atoms with Gasteiger partial charge in [-0.1, -0.05) is 0 Å². The molecule has 0 spiro atoms. The summed E-state index contributed by atoms with van der Waals surface area (Å²) in [4.78, 5) is 2.31. The lowest BCUT2D eigenvalue weighted by Crippen LogP contribution is -2.33. The number of nitrogens with zero attached hydrogens (tertiary/aromatic N) is 5. The van der Waals surface area contributed by atoms with Crippen LogP contribution in [0.15, 0.2) is 12.1 Å². The first kappa shape index (κ1) is 16.9. The highest BCUT2D eigenvalue weighted by Crippen LogP contribution is 2.33. The van der Waals surface area contributed by atoms with Gasteiger partial charge in [-0.05, 0) is 66.2 Å². The van der Waals surface area contributed by atoms with Crippen molar-refractivity contribution in [1.82, 2.24) is 24.7 Å². The molecule has 0 saturated carbocycles. The SMILES string of the molecule is COc1cc2c(cc1OC)CN(Cn1nnn(C(C)C)c1=S)CC2. The average Bonchev–Trinajstić information content (AvgIpc) is 2.94. The van der Waals surface area contributed by atoms with E-state index in [0.717, 1.165) is 31.0 Å². The van der Waals surface area contributed by atoms with E-state index in [1.54, 1.807) is 23.6 Å². The molecule has 0 radical (unpaired) electrons. The van der Waals surface area contributed by atoms with Crippen LogP contribution in [0.3, 0.4) is 0 Å². The summed E-state index contributed by atoms with van der Waals surface area (Å²) in [6, 6.07) is 4.35. The molecular weight excluding hydrogens is 326 g/mol.